The molecule has 0 radical (unpaired) electrons. The van der Waals surface area contributed by atoms with Gasteiger partial charge >= 0.3 is 0 Å². The summed E-state index contributed by atoms with van der Waals surface area (Å²) in [6.45, 7) is 2.40. The Balaban J connectivity index is 2.16. The Kier molecular flexibility index (Phi) is 4.57. The van der Waals surface area contributed by atoms with Crippen LogP contribution in [-0.2, 0) is 4.74 Å². The van der Waals surface area contributed by atoms with Gasteiger partial charge in [-0.15, -0.1) is 0 Å². The number of carbonyl (C=O) groups excluding carboxylic acids is 1. The summed E-state index contributed by atoms with van der Waals surface area (Å²) in [5.41, 5.74) is 0.258. The Labute approximate surface area is 116 Å². The van der Waals surface area contributed by atoms with Crippen LogP contribution in [0.3, 0.4) is 0 Å². The van der Waals surface area contributed by atoms with E-state index in [0.717, 1.165) is 6.07 Å². The lowest BCUT2D eigenvalue weighted by molar-refractivity contribution is -0.0858. The van der Waals surface area contributed by atoms with Gasteiger partial charge in [0.1, 0.15) is 0 Å². The molecular weight excluding hydrogens is 265 g/mol. The van der Waals surface area contributed by atoms with Gasteiger partial charge in [0.05, 0.1) is 25.9 Å². The predicted molar refractivity (Wildman–Crippen MR) is 70.3 cm³/mol. The quantitative estimate of drug-likeness (QED) is 0.901. The number of halogens is 1. The fourth-order valence-corrected chi connectivity index (χ4v) is 2.29. The van der Waals surface area contributed by atoms with Gasteiger partial charge < -0.3 is 19.5 Å². The monoisotopic (exact) mass is 283 g/mol. The Hall–Kier alpha value is -1.66. The maximum Gasteiger partial charge on any atom is 0.254 e. The third-order valence-electron chi connectivity index (χ3n) is 3.22. The van der Waals surface area contributed by atoms with Crippen molar-refractivity contribution in [3.05, 3.63) is 29.6 Å². The molecule has 0 saturated carbocycles. The zero-order chi connectivity index (χ0) is 14.7. The normalized spacial score (nSPS) is 22.7. The first-order chi connectivity index (χ1) is 9.55. The standard InChI is InChI=1S/C14H18FNO4/c1-9-6-16(7-11(8-17)20-9)14(18)10-3-4-13(19-2)12(15)5-10/h3-5,9,11,17H,6-8H2,1-2H3. The Morgan fingerprint density at radius 3 is 2.90 bits per heavy atom. The molecule has 2 unspecified atom stereocenters. The molecule has 6 heteroatoms. The van der Waals surface area contributed by atoms with E-state index in [-0.39, 0.29) is 29.9 Å². The van der Waals surface area contributed by atoms with Crippen molar-refractivity contribution in [2.75, 3.05) is 26.8 Å². The number of rotatable bonds is 3. The largest absolute Gasteiger partial charge is 0.494 e. The number of amides is 1. The van der Waals surface area contributed by atoms with Gasteiger partial charge in [0.2, 0.25) is 0 Å². The summed E-state index contributed by atoms with van der Waals surface area (Å²) < 4.78 is 23.9. The summed E-state index contributed by atoms with van der Waals surface area (Å²) >= 11 is 0. The van der Waals surface area contributed by atoms with Crippen LogP contribution in [0.4, 0.5) is 4.39 Å². The predicted octanol–water partition coefficient (Wildman–Crippen LogP) is 1.06. The molecule has 1 fully saturated rings. The van der Waals surface area contributed by atoms with Gasteiger partial charge in [-0.1, -0.05) is 0 Å². The van der Waals surface area contributed by atoms with Crippen molar-refractivity contribution in [3.8, 4) is 5.75 Å². The van der Waals surface area contributed by atoms with Gasteiger partial charge in [0, 0.05) is 18.7 Å². The van der Waals surface area contributed by atoms with E-state index in [1.54, 1.807) is 4.90 Å². The molecule has 1 aromatic carbocycles. The van der Waals surface area contributed by atoms with E-state index in [1.807, 2.05) is 6.92 Å². The summed E-state index contributed by atoms with van der Waals surface area (Å²) in [6.07, 6.45) is -0.557. The second-order valence-corrected chi connectivity index (χ2v) is 4.81. The molecule has 1 aromatic rings. The molecule has 1 N–H and O–H groups in total. The number of aliphatic hydroxyl groups is 1. The highest BCUT2D eigenvalue weighted by Gasteiger charge is 2.28. The highest BCUT2D eigenvalue weighted by molar-refractivity contribution is 5.94. The van der Waals surface area contributed by atoms with Gasteiger partial charge in [0.25, 0.3) is 5.91 Å². The van der Waals surface area contributed by atoms with Crippen LogP contribution in [0.25, 0.3) is 0 Å². The van der Waals surface area contributed by atoms with E-state index in [0.29, 0.717) is 13.1 Å². The van der Waals surface area contributed by atoms with Crippen molar-refractivity contribution < 1.29 is 23.8 Å². The number of hydrogen-bond donors (Lipinski definition) is 1. The van der Waals surface area contributed by atoms with Crippen LogP contribution in [0.5, 0.6) is 5.75 Å². The molecule has 2 atom stereocenters. The van der Waals surface area contributed by atoms with E-state index < -0.39 is 11.9 Å². The van der Waals surface area contributed by atoms with Crippen molar-refractivity contribution >= 4 is 5.91 Å². The number of aliphatic hydroxyl groups excluding tert-OH is 1. The maximum atomic E-state index is 13.6. The number of morpholine rings is 1. The molecule has 0 aromatic heterocycles. The molecule has 1 aliphatic heterocycles. The minimum atomic E-state index is -0.571. The number of methoxy groups -OCH3 is 1. The Bertz CT molecular complexity index is 494. The minimum Gasteiger partial charge on any atom is -0.494 e. The fourth-order valence-electron chi connectivity index (χ4n) is 2.29. The van der Waals surface area contributed by atoms with Gasteiger partial charge in [-0.05, 0) is 25.1 Å². The lowest BCUT2D eigenvalue weighted by atomic mass is 10.1. The topological polar surface area (TPSA) is 59.0 Å². The highest BCUT2D eigenvalue weighted by Crippen LogP contribution is 2.20. The first kappa shape index (κ1) is 14.7. The zero-order valence-electron chi connectivity index (χ0n) is 11.5. The number of hydrogen-bond acceptors (Lipinski definition) is 4. The van der Waals surface area contributed by atoms with E-state index in [4.69, 9.17) is 14.6 Å². The van der Waals surface area contributed by atoms with Crippen molar-refractivity contribution in [2.45, 2.75) is 19.1 Å². The maximum absolute atomic E-state index is 13.6. The Morgan fingerprint density at radius 1 is 1.55 bits per heavy atom. The molecule has 0 aliphatic carbocycles. The summed E-state index contributed by atoms with van der Waals surface area (Å²) in [5.74, 6) is -0.747. The van der Waals surface area contributed by atoms with Crippen molar-refractivity contribution in [2.24, 2.45) is 0 Å². The van der Waals surface area contributed by atoms with E-state index in [1.165, 1.54) is 19.2 Å². The average molecular weight is 283 g/mol. The summed E-state index contributed by atoms with van der Waals surface area (Å²) in [4.78, 5) is 13.9. The SMILES string of the molecule is COc1ccc(C(=O)N2CC(C)OC(CO)C2)cc1F. The second kappa shape index (κ2) is 6.19. The fraction of sp³-hybridized carbons (Fsp3) is 0.500. The average Bonchev–Trinajstić information content (AvgIpc) is 2.45. The van der Waals surface area contributed by atoms with Crippen LogP contribution < -0.4 is 4.74 Å². The number of benzene rings is 1. The van der Waals surface area contributed by atoms with Gasteiger partial charge in [-0.3, -0.25) is 4.79 Å². The third kappa shape index (κ3) is 3.08. The zero-order valence-corrected chi connectivity index (χ0v) is 11.5. The van der Waals surface area contributed by atoms with Crippen LogP contribution in [0, 0.1) is 5.82 Å². The molecule has 1 amide bonds. The molecule has 1 aliphatic rings. The lowest BCUT2D eigenvalue weighted by Gasteiger charge is -2.36. The van der Waals surface area contributed by atoms with E-state index in [9.17, 15) is 9.18 Å². The van der Waals surface area contributed by atoms with Crippen LogP contribution >= 0.6 is 0 Å². The van der Waals surface area contributed by atoms with Crippen molar-refractivity contribution in [1.29, 1.82) is 0 Å². The molecule has 1 saturated heterocycles. The van der Waals surface area contributed by atoms with E-state index in [2.05, 4.69) is 0 Å². The lowest BCUT2D eigenvalue weighted by Crippen LogP contribution is -2.50. The first-order valence-electron chi connectivity index (χ1n) is 6.44. The molecule has 0 bridgehead atoms. The van der Waals surface area contributed by atoms with Crippen molar-refractivity contribution in [3.63, 3.8) is 0 Å². The highest BCUT2D eigenvalue weighted by atomic mass is 19.1. The van der Waals surface area contributed by atoms with Crippen molar-refractivity contribution in [1.82, 2.24) is 4.90 Å². The van der Waals surface area contributed by atoms with Crippen LogP contribution in [0.2, 0.25) is 0 Å². The van der Waals surface area contributed by atoms with Gasteiger partial charge in [0.15, 0.2) is 11.6 Å². The van der Waals surface area contributed by atoms with Crippen LogP contribution in [0.1, 0.15) is 17.3 Å². The molecule has 5 nitrogen and oxygen atoms in total. The summed E-state index contributed by atoms with van der Waals surface area (Å²) in [7, 11) is 1.37. The summed E-state index contributed by atoms with van der Waals surface area (Å²) in [6, 6.07) is 4.11. The Morgan fingerprint density at radius 2 is 2.30 bits per heavy atom. The molecule has 110 valence electrons. The molecule has 2 rings (SSSR count). The van der Waals surface area contributed by atoms with Crippen LogP contribution in [-0.4, -0.2) is 54.9 Å². The minimum absolute atomic E-state index is 0.102. The number of carbonyl (C=O) groups is 1. The van der Waals surface area contributed by atoms with Gasteiger partial charge in [-0.2, -0.15) is 0 Å². The number of ether oxygens (including phenoxy) is 2. The van der Waals surface area contributed by atoms with Gasteiger partial charge in [-0.25, -0.2) is 4.39 Å². The van der Waals surface area contributed by atoms with Crippen LogP contribution in [0.15, 0.2) is 18.2 Å². The molecule has 0 spiro atoms. The second-order valence-electron chi connectivity index (χ2n) is 4.81. The van der Waals surface area contributed by atoms with E-state index >= 15 is 0 Å². The molecule has 1 heterocycles. The molecular formula is C14H18FNO4. The summed E-state index contributed by atoms with van der Waals surface area (Å²) in [5, 5.41) is 9.15. The first-order valence-corrected chi connectivity index (χ1v) is 6.44. The third-order valence-corrected chi connectivity index (χ3v) is 3.22. The number of nitrogens with zero attached hydrogens (tertiary/aromatic N) is 1. The smallest absolute Gasteiger partial charge is 0.254 e. The molecule has 20 heavy (non-hydrogen) atoms.